The number of aromatic nitrogens is 4. The molecule has 2 N–H and O–H groups in total. The number of halogens is 1. The van der Waals surface area contributed by atoms with Crippen LogP contribution in [-0.2, 0) is 6.42 Å². The SMILES string of the molecule is Cc1cc(NCCCc2ccc(C)nc2)c2n[nH]c(=O)n2c1.Cl. The molecule has 0 saturated carbocycles. The molecule has 0 radical (unpaired) electrons. The minimum absolute atomic E-state index is 0. The van der Waals surface area contributed by atoms with Crippen molar-refractivity contribution in [2.45, 2.75) is 26.7 Å². The van der Waals surface area contributed by atoms with Crippen LogP contribution in [0.2, 0.25) is 0 Å². The first-order valence-electron chi connectivity index (χ1n) is 7.36. The Hall–Kier alpha value is -2.34. The molecule has 0 saturated heterocycles. The van der Waals surface area contributed by atoms with Crippen LogP contribution in [0, 0.1) is 13.8 Å². The Morgan fingerprint density at radius 1 is 1.30 bits per heavy atom. The van der Waals surface area contributed by atoms with Gasteiger partial charge in [-0.2, -0.15) is 5.10 Å². The summed E-state index contributed by atoms with van der Waals surface area (Å²) >= 11 is 0. The van der Waals surface area contributed by atoms with Crippen LogP contribution in [0.25, 0.3) is 5.65 Å². The van der Waals surface area contributed by atoms with Gasteiger partial charge < -0.3 is 5.32 Å². The second-order valence-corrected chi connectivity index (χ2v) is 5.49. The number of pyridine rings is 2. The van der Waals surface area contributed by atoms with Crippen LogP contribution < -0.4 is 11.0 Å². The molecule has 0 aliphatic heterocycles. The highest BCUT2D eigenvalue weighted by molar-refractivity contribution is 5.85. The predicted molar refractivity (Wildman–Crippen MR) is 93.6 cm³/mol. The van der Waals surface area contributed by atoms with E-state index < -0.39 is 0 Å². The number of H-pyrrole nitrogens is 1. The van der Waals surface area contributed by atoms with Crippen LogP contribution in [0.4, 0.5) is 5.69 Å². The molecule has 23 heavy (non-hydrogen) atoms. The monoisotopic (exact) mass is 333 g/mol. The summed E-state index contributed by atoms with van der Waals surface area (Å²) in [6.45, 7) is 4.76. The molecule has 3 aromatic rings. The Morgan fingerprint density at radius 2 is 2.13 bits per heavy atom. The van der Waals surface area contributed by atoms with Crippen molar-refractivity contribution in [3.05, 3.63) is 57.9 Å². The number of aryl methyl sites for hydroxylation is 3. The third-order valence-corrected chi connectivity index (χ3v) is 3.58. The minimum Gasteiger partial charge on any atom is -0.382 e. The second-order valence-electron chi connectivity index (χ2n) is 5.49. The van der Waals surface area contributed by atoms with E-state index in [0.29, 0.717) is 5.65 Å². The van der Waals surface area contributed by atoms with Gasteiger partial charge in [0.25, 0.3) is 0 Å². The van der Waals surface area contributed by atoms with Crippen molar-refractivity contribution < 1.29 is 0 Å². The zero-order valence-electron chi connectivity index (χ0n) is 13.2. The maximum absolute atomic E-state index is 11.6. The number of nitrogens with one attached hydrogen (secondary N) is 2. The van der Waals surface area contributed by atoms with E-state index in [1.807, 2.05) is 32.2 Å². The summed E-state index contributed by atoms with van der Waals surface area (Å²) in [4.78, 5) is 15.9. The van der Waals surface area contributed by atoms with Crippen LogP contribution in [0.3, 0.4) is 0 Å². The van der Waals surface area contributed by atoms with Crippen molar-refractivity contribution in [3.8, 4) is 0 Å². The number of fused-ring (bicyclic) bond motifs is 1. The third kappa shape index (κ3) is 3.90. The Kier molecular flexibility index (Phi) is 5.39. The zero-order chi connectivity index (χ0) is 15.5. The van der Waals surface area contributed by atoms with E-state index in [4.69, 9.17) is 0 Å². The van der Waals surface area contributed by atoms with Crippen LogP contribution in [0.15, 0.2) is 35.4 Å². The van der Waals surface area contributed by atoms with Crippen molar-refractivity contribution in [3.63, 3.8) is 0 Å². The molecule has 0 spiro atoms. The smallest absolute Gasteiger partial charge is 0.347 e. The molecule has 0 amide bonds. The lowest BCUT2D eigenvalue weighted by atomic mass is 10.1. The molecule has 0 fully saturated rings. The van der Waals surface area contributed by atoms with E-state index in [1.54, 1.807) is 6.20 Å². The molecule has 0 aliphatic rings. The predicted octanol–water partition coefficient (Wildman–Crippen LogP) is 2.50. The first-order valence-corrected chi connectivity index (χ1v) is 7.36. The van der Waals surface area contributed by atoms with Gasteiger partial charge in [0, 0.05) is 24.6 Å². The Bertz CT molecular complexity index is 838. The highest BCUT2D eigenvalue weighted by Crippen LogP contribution is 2.15. The quantitative estimate of drug-likeness (QED) is 0.703. The van der Waals surface area contributed by atoms with Gasteiger partial charge in [0.2, 0.25) is 0 Å². The van der Waals surface area contributed by atoms with Crippen LogP contribution in [0.1, 0.15) is 23.2 Å². The minimum atomic E-state index is -0.215. The van der Waals surface area contributed by atoms with Gasteiger partial charge in [-0.25, -0.2) is 14.3 Å². The molecule has 0 aliphatic carbocycles. The fourth-order valence-corrected chi connectivity index (χ4v) is 2.44. The molecule has 0 aromatic carbocycles. The van der Waals surface area contributed by atoms with Gasteiger partial charge in [0.1, 0.15) is 0 Å². The lowest BCUT2D eigenvalue weighted by Crippen LogP contribution is -2.11. The van der Waals surface area contributed by atoms with Gasteiger partial charge in [-0.3, -0.25) is 4.98 Å². The van der Waals surface area contributed by atoms with Gasteiger partial charge in [-0.1, -0.05) is 6.07 Å². The largest absolute Gasteiger partial charge is 0.382 e. The van der Waals surface area contributed by atoms with Crippen molar-refractivity contribution in [1.82, 2.24) is 19.6 Å². The number of rotatable bonds is 5. The van der Waals surface area contributed by atoms with Gasteiger partial charge in [-0.05, 0) is 49.9 Å². The first-order chi connectivity index (χ1) is 10.6. The van der Waals surface area contributed by atoms with E-state index in [2.05, 4.69) is 26.6 Å². The maximum atomic E-state index is 11.6. The summed E-state index contributed by atoms with van der Waals surface area (Å²) < 4.78 is 1.53. The number of hydrogen-bond donors (Lipinski definition) is 2. The number of aromatic amines is 1. The third-order valence-electron chi connectivity index (χ3n) is 3.58. The maximum Gasteiger partial charge on any atom is 0.347 e. The van der Waals surface area contributed by atoms with Crippen LogP contribution in [0.5, 0.6) is 0 Å². The summed E-state index contributed by atoms with van der Waals surface area (Å²) in [5.41, 5.74) is 4.58. The van der Waals surface area contributed by atoms with E-state index in [1.165, 1.54) is 9.96 Å². The normalized spacial score (nSPS) is 10.5. The van der Waals surface area contributed by atoms with Crippen LogP contribution in [-0.4, -0.2) is 26.1 Å². The van der Waals surface area contributed by atoms with Gasteiger partial charge in [0.05, 0.1) is 5.69 Å². The average molecular weight is 334 g/mol. The summed E-state index contributed by atoms with van der Waals surface area (Å²) in [6.07, 6.45) is 5.66. The molecule has 3 rings (SSSR count). The summed E-state index contributed by atoms with van der Waals surface area (Å²) in [5, 5.41) is 9.89. The van der Waals surface area contributed by atoms with Crippen molar-refractivity contribution in [2.24, 2.45) is 0 Å². The second kappa shape index (κ2) is 7.28. The Balaban J connectivity index is 0.00000192. The standard InChI is InChI=1S/C16H19N5O.ClH/c1-11-8-14(15-19-20-16(22)21(15)10-11)17-7-3-4-13-6-5-12(2)18-9-13;/h5-6,8-10,17H,3-4,7H2,1-2H3,(H,20,22);1H. The molecule has 7 heteroatoms. The number of hydrogen-bond acceptors (Lipinski definition) is 4. The number of nitrogens with zero attached hydrogens (tertiary/aromatic N) is 3. The fraction of sp³-hybridized carbons (Fsp3) is 0.312. The molecule has 0 bridgehead atoms. The van der Waals surface area contributed by atoms with E-state index in [-0.39, 0.29) is 18.1 Å². The molecule has 0 unspecified atom stereocenters. The molecular weight excluding hydrogens is 314 g/mol. The summed E-state index contributed by atoms with van der Waals surface area (Å²) in [7, 11) is 0. The fourth-order valence-electron chi connectivity index (χ4n) is 2.44. The van der Waals surface area contributed by atoms with Crippen molar-refractivity contribution in [1.29, 1.82) is 0 Å². The molecule has 3 aromatic heterocycles. The lowest BCUT2D eigenvalue weighted by molar-refractivity contribution is 0.856. The topological polar surface area (TPSA) is 75.1 Å². The first kappa shape index (κ1) is 17.0. The highest BCUT2D eigenvalue weighted by atomic mass is 35.5. The molecule has 6 nitrogen and oxygen atoms in total. The van der Waals surface area contributed by atoms with E-state index in [0.717, 1.165) is 36.3 Å². The molecular formula is C16H20ClN5O. The van der Waals surface area contributed by atoms with Crippen molar-refractivity contribution >= 4 is 23.7 Å². The van der Waals surface area contributed by atoms with Gasteiger partial charge >= 0.3 is 5.69 Å². The highest BCUT2D eigenvalue weighted by Gasteiger charge is 2.06. The zero-order valence-corrected chi connectivity index (χ0v) is 14.0. The van der Waals surface area contributed by atoms with Crippen molar-refractivity contribution in [2.75, 3.05) is 11.9 Å². The van der Waals surface area contributed by atoms with E-state index in [9.17, 15) is 4.79 Å². The molecule has 3 heterocycles. The number of anilines is 1. The van der Waals surface area contributed by atoms with Gasteiger partial charge in [-0.15, -0.1) is 12.4 Å². The van der Waals surface area contributed by atoms with Gasteiger partial charge in [0.15, 0.2) is 5.65 Å². The summed E-state index contributed by atoms with van der Waals surface area (Å²) in [5.74, 6) is 0. The lowest BCUT2D eigenvalue weighted by Gasteiger charge is -2.08. The summed E-state index contributed by atoms with van der Waals surface area (Å²) in [6, 6.07) is 6.15. The Morgan fingerprint density at radius 3 is 2.87 bits per heavy atom. The van der Waals surface area contributed by atoms with Crippen LogP contribution >= 0.6 is 12.4 Å². The Labute approximate surface area is 140 Å². The average Bonchev–Trinajstić information content (AvgIpc) is 2.87. The molecule has 122 valence electrons. The van der Waals surface area contributed by atoms with E-state index >= 15 is 0 Å². The molecule has 0 atom stereocenters.